The van der Waals surface area contributed by atoms with Crippen LogP contribution in [0.4, 0.5) is 0 Å². The maximum atomic E-state index is 12.3. The van der Waals surface area contributed by atoms with E-state index in [0.29, 0.717) is 17.4 Å². The number of benzene rings is 1. The van der Waals surface area contributed by atoms with Crippen LogP contribution in [-0.4, -0.2) is 18.1 Å². The summed E-state index contributed by atoms with van der Waals surface area (Å²) in [6.07, 6.45) is 4.19. The van der Waals surface area contributed by atoms with Crippen LogP contribution in [-0.2, 0) is 16.6 Å². The summed E-state index contributed by atoms with van der Waals surface area (Å²) in [5, 5.41) is 3.84. The molecule has 0 saturated carbocycles. The number of primary sulfonamides is 1. The molecule has 2 N–H and O–H groups in total. The van der Waals surface area contributed by atoms with E-state index in [9.17, 15) is 18.0 Å². The molecule has 0 aliphatic heterocycles. The van der Waals surface area contributed by atoms with Gasteiger partial charge >= 0.3 is 0 Å². The Hall–Kier alpha value is -1.99. The Morgan fingerprint density at radius 2 is 1.91 bits per heavy atom. The van der Waals surface area contributed by atoms with E-state index in [-0.39, 0.29) is 0 Å². The van der Waals surface area contributed by atoms with Crippen molar-refractivity contribution in [2.75, 3.05) is 0 Å². The highest BCUT2D eigenvalue weighted by atomic mass is 32.2. The fourth-order valence-corrected chi connectivity index (χ4v) is 2.81. The molecule has 118 valence electrons. The van der Waals surface area contributed by atoms with Crippen molar-refractivity contribution in [1.29, 1.82) is 0 Å². The molecule has 2 rings (SSSR count). The van der Waals surface area contributed by atoms with Gasteiger partial charge in [0.05, 0.1) is 11.1 Å². The summed E-state index contributed by atoms with van der Waals surface area (Å²) in [5.41, 5.74) is -0.339. The third-order valence-corrected chi connectivity index (χ3v) is 4.21. The number of nitrogens with two attached hydrogens (primary N) is 1. The van der Waals surface area contributed by atoms with Crippen molar-refractivity contribution in [2.24, 2.45) is 5.14 Å². The number of para-hydroxylation sites is 1. The van der Waals surface area contributed by atoms with Gasteiger partial charge < -0.3 is 4.57 Å². The minimum absolute atomic E-state index is 0.313. The lowest BCUT2D eigenvalue weighted by Crippen LogP contribution is -2.29. The van der Waals surface area contributed by atoms with E-state index in [2.05, 4.69) is 6.92 Å². The Labute approximate surface area is 128 Å². The zero-order valence-corrected chi connectivity index (χ0v) is 13.1. The second-order valence-electron chi connectivity index (χ2n) is 5.12. The molecule has 22 heavy (non-hydrogen) atoms. The average molecular weight is 322 g/mol. The van der Waals surface area contributed by atoms with Gasteiger partial charge in [0.15, 0.2) is 0 Å². The number of fused-ring (bicyclic) bond motifs is 1. The summed E-state index contributed by atoms with van der Waals surface area (Å²) in [6, 6.07) is 6.81. The molecule has 0 atom stereocenters. The largest absolute Gasteiger partial charge is 0.346 e. The smallest absolute Gasteiger partial charge is 0.296 e. The monoisotopic (exact) mass is 322 g/mol. The number of hydrogen-bond acceptors (Lipinski definition) is 4. The molecule has 0 aliphatic carbocycles. The van der Waals surface area contributed by atoms with Gasteiger partial charge in [0.25, 0.3) is 15.1 Å². The Balaban J connectivity index is 2.66. The summed E-state index contributed by atoms with van der Waals surface area (Å²) >= 11 is 0. The van der Waals surface area contributed by atoms with Gasteiger partial charge in [-0.2, -0.15) is 0 Å². The van der Waals surface area contributed by atoms with E-state index in [0.717, 1.165) is 19.3 Å². The van der Waals surface area contributed by atoms with Crippen LogP contribution in [0, 0.1) is 0 Å². The molecule has 6 nitrogen and oxygen atoms in total. The van der Waals surface area contributed by atoms with E-state index in [1.807, 2.05) is 0 Å². The molecule has 0 fully saturated rings. The first-order valence-electron chi connectivity index (χ1n) is 7.05. The SMILES string of the molecule is CCCCCn1cc(C(=O)S(N)(=O)=O)c(=O)c2ccccc21. The summed E-state index contributed by atoms with van der Waals surface area (Å²) < 4.78 is 24.3. The van der Waals surface area contributed by atoms with E-state index < -0.39 is 26.1 Å². The van der Waals surface area contributed by atoms with Gasteiger partial charge in [-0.25, -0.2) is 13.6 Å². The molecule has 7 heteroatoms. The lowest BCUT2D eigenvalue weighted by Gasteiger charge is -2.12. The van der Waals surface area contributed by atoms with Gasteiger partial charge in [-0.1, -0.05) is 31.9 Å². The first kappa shape index (κ1) is 16.4. The second kappa shape index (κ2) is 6.41. The highest BCUT2D eigenvalue weighted by Crippen LogP contribution is 2.14. The van der Waals surface area contributed by atoms with Gasteiger partial charge in [-0.05, 0) is 18.6 Å². The lowest BCUT2D eigenvalue weighted by atomic mass is 10.1. The topological polar surface area (TPSA) is 99.2 Å². The van der Waals surface area contributed by atoms with Crippen LogP contribution in [0.15, 0.2) is 35.3 Å². The number of carbonyl (C=O) groups excluding carboxylic acids is 1. The zero-order valence-electron chi connectivity index (χ0n) is 12.3. The van der Waals surface area contributed by atoms with E-state index in [1.54, 1.807) is 28.8 Å². The maximum absolute atomic E-state index is 12.3. The van der Waals surface area contributed by atoms with Gasteiger partial charge in [0.2, 0.25) is 5.43 Å². The number of sulfonamides is 1. The van der Waals surface area contributed by atoms with Crippen molar-refractivity contribution in [3.63, 3.8) is 0 Å². The second-order valence-corrected chi connectivity index (χ2v) is 6.58. The Morgan fingerprint density at radius 3 is 2.55 bits per heavy atom. The molecule has 0 unspecified atom stereocenters. The maximum Gasteiger partial charge on any atom is 0.296 e. The van der Waals surface area contributed by atoms with Crippen molar-refractivity contribution < 1.29 is 13.2 Å². The highest BCUT2D eigenvalue weighted by molar-refractivity contribution is 8.04. The van der Waals surface area contributed by atoms with E-state index >= 15 is 0 Å². The lowest BCUT2D eigenvalue weighted by molar-refractivity contribution is 0.107. The van der Waals surface area contributed by atoms with E-state index in [1.165, 1.54) is 6.20 Å². The molecule has 0 saturated heterocycles. The quantitative estimate of drug-likeness (QED) is 0.845. The van der Waals surface area contributed by atoms with E-state index in [4.69, 9.17) is 5.14 Å². The molecular formula is C15H18N2O4S. The van der Waals surface area contributed by atoms with Crippen molar-refractivity contribution in [3.05, 3.63) is 46.2 Å². The minimum atomic E-state index is -4.44. The number of pyridine rings is 1. The summed E-state index contributed by atoms with van der Waals surface area (Å²) in [7, 11) is -4.44. The number of aromatic nitrogens is 1. The predicted octanol–water partition coefficient (Wildman–Crippen LogP) is 1.62. The highest BCUT2D eigenvalue weighted by Gasteiger charge is 2.24. The molecule has 0 amide bonds. The van der Waals surface area contributed by atoms with Crippen LogP contribution in [0.3, 0.4) is 0 Å². The first-order chi connectivity index (χ1) is 10.4. The van der Waals surface area contributed by atoms with Crippen molar-refractivity contribution in [3.8, 4) is 0 Å². The molecule has 2 aromatic rings. The number of hydrogen-bond donors (Lipinski definition) is 1. The van der Waals surface area contributed by atoms with Crippen LogP contribution < -0.4 is 10.6 Å². The zero-order chi connectivity index (χ0) is 16.3. The summed E-state index contributed by atoms with van der Waals surface area (Å²) in [5.74, 6) is 0. The van der Waals surface area contributed by atoms with Crippen LogP contribution in [0.5, 0.6) is 0 Å². The van der Waals surface area contributed by atoms with Crippen molar-refractivity contribution >= 4 is 26.0 Å². The summed E-state index contributed by atoms with van der Waals surface area (Å²) in [4.78, 5) is 24.2. The Bertz CT molecular complexity index is 869. The third kappa shape index (κ3) is 3.26. The van der Waals surface area contributed by atoms with Gasteiger partial charge in [-0.3, -0.25) is 9.59 Å². The average Bonchev–Trinajstić information content (AvgIpc) is 2.48. The molecule has 1 aromatic carbocycles. The summed E-state index contributed by atoms with van der Waals surface area (Å²) in [6.45, 7) is 2.67. The van der Waals surface area contributed by atoms with Crippen LogP contribution in [0.1, 0.15) is 36.5 Å². The Kier molecular flexibility index (Phi) is 4.77. The number of carbonyl (C=O) groups is 1. The fraction of sp³-hybridized carbons (Fsp3) is 0.333. The number of aryl methyl sites for hydroxylation is 1. The minimum Gasteiger partial charge on any atom is -0.346 e. The molecule has 0 aliphatic rings. The third-order valence-electron chi connectivity index (χ3n) is 3.47. The normalized spacial score (nSPS) is 11.7. The molecular weight excluding hydrogens is 304 g/mol. The van der Waals surface area contributed by atoms with Crippen LogP contribution in [0.2, 0.25) is 0 Å². The molecule has 1 heterocycles. The molecule has 1 aromatic heterocycles. The standard InChI is InChI=1S/C15H18N2O4S/c1-2-3-6-9-17-10-12(15(19)22(16,20)21)14(18)11-7-4-5-8-13(11)17/h4-5,7-8,10H,2-3,6,9H2,1H3,(H2,16,20,21). The van der Waals surface area contributed by atoms with Gasteiger partial charge in [0, 0.05) is 18.1 Å². The van der Waals surface area contributed by atoms with Crippen LogP contribution in [0.25, 0.3) is 10.9 Å². The van der Waals surface area contributed by atoms with Gasteiger partial charge in [0.1, 0.15) is 0 Å². The predicted molar refractivity (Wildman–Crippen MR) is 85.2 cm³/mol. The Morgan fingerprint density at radius 1 is 1.23 bits per heavy atom. The van der Waals surface area contributed by atoms with Gasteiger partial charge in [-0.15, -0.1) is 0 Å². The first-order valence-corrected chi connectivity index (χ1v) is 8.60. The van der Waals surface area contributed by atoms with Crippen LogP contribution >= 0.6 is 0 Å². The number of unbranched alkanes of at least 4 members (excludes halogenated alkanes) is 2. The molecule has 0 radical (unpaired) electrons. The molecule has 0 spiro atoms. The van der Waals surface area contributed by atoms with Crippen molar-refractivity contribution in [1.82, 2.24) is 4.57 Å². The number of rotatable bonds is 5. The number of nitrogens with zero attached hydrogens (tertiary/aromatic N) is 1. The fourth-order valence-electron chi connectivity index (χ4n) is 2.36. The van der Waals surface area contributed by atoms with Crippen molar-refractivity contribution in [2.45, 2.75) is 32.7 Å². The molecule has 0 bridgehead atoms.